The summed E-state index contributed by atoms with van der Waals surface area (Å²) in [5, 5.41) is 9.96. The van der Waals surface area contributed by atoms with Crippen LogP contribution in [0.2, 0.25) is 0 Å². The van der Waals surface area contributed by atoms with Crippen LogP contribution >= 0.6 is 0 Å². The van der Waals surface area contributed by atoms with Crippen molar-refractivity contribution in [1.29, 1.82) is 0 Å². The highest BCUT2D eigenvalue weighted by Gasteiger charge is 2.15. The van der Waals surface area contributed by atoms with Gasteiger partial charge in [0.15, 0.2) is 0 Å². The molecule has 0 rings (SSSR count). The number of aliphatic hydroxyl groups excluding tert-OH is 1. The van der Waals surface area contributed by atoms with Gasteiger partial charge in [0.05, 0.1) is 6.10 Å². The molecule has 2 heteroatoms. The van der Waals surface area contributed by atoms with E-state index in [-0.39, 0.29) is 11.5 Å². The zero-order valence-corrected chi connectivity index (χ0v) is 15.1. The normalized spacial score (nSPS) is 14.2. The minimum atomic E-state index is -0.175. The lowest BCUT2D eigenvalue weighted by Gasteiger charge is -2.18. The lowest BCUT2D eigenvalue weighted by molar-refractivity contribution is -0.115. The number of unbranched alkanes of at least 4 members (excludes halogenated alkanes) is 4. The van der Waals surface area contributed by atoms with Crippen molar-refractivity contribution in [2.24, 2.45) is 10.8 Å². The van der Waals surface area contributed by atoms with Crippen LogP contribution in [0.1, 0.15) is 98.8 Å². The topological polar surface area (TPSA) is 37.3 Å². The molecule has 0 aliphatic carbocycles. The molecule has 1 unspecified atom stereocenters. The highest BCUT2D eigenvalue weighted by Crippen LogP contribution is 2.23. The fourth-order valence-corrected chi connectivity index (χ4v) is 2.55. The van der Waals surface area contributed by atoms with Gasteiger partial charge in [0.25, 0.3) is 0 Å². The number of carbonyl (C=O) groups is 1. The summed E-state index contributed by atoms with van der Waals surface area (Å²) in [5.41, 5.74) is 0.263. The Bertz CT molecular complexity index is 263. The summed E-state index contributed by atoms with van der Waals surface area (Å²) in [7, 11) is 0. The van der Waals surface area contributed by atoms with Crippen LogP contribution in [0.3, 0.4) is 0 Å². The summed E-state index contributed by atoms with van der Waals surface area (Å²) in [6.45, 7) is 10.8. The Kier molecular flexibility index (Phi) is 10.2. The first-order valence-electron chi connectivity index (χ1n) is 8.81. The molecule has 1 atom stereocenters. The van der Waals surface area contributed by atoms with Gasteiger partial charge in [-0.05, 0) is 31.1 Å². The number of aldehydes is 1. The second kappa shape index (κ2) is 10.4. The maximum Gasteiger partial charge on any atom is 0.125 e. The molecule has 0 spiro atoms. The third-order valence-corrected chi connectivity index (χ3v) is 4.14. The SMILES string of the molecule is CC(C)(C)CCCCCC(O)CCCCCC(C)(C)C=O. The Morgan fingerprint density at radius 3 is 1.71 bits per heavy atom. The molecule has 1 N–H and O–H groups in total. The highest BCUT2D eigenvalue weighted by atomic mass is 16.3. The van der Waals surface area contributed by atoms with E-state index >= 15 is 0 Å². The van der Waals surface area contributed by atoms with Crippen molar-refractivity contribution < 1.29 is 9.90 Å². The maximum absolute atomic E-state index is 10.8. The summed E-state index contributed by atoms with van der Waals surface area (Å²) < 4.78 is 0. The van der Waals surface area contributed by atoms with Crippen molar-refractivity contribution in [1.82, 2.24) is 0 Å². The van der Waals surface area contributed by atoms with E-state index in [4.69, 9.17) is 0 Å². The van der Waals surface area contributed by atoms with Gasteiger partial charge in [0.1, 0.15) is 6.29 Å². The number of carbonyl (C=O) groups excluding carboxylic acids is 1. The second-order valence-electron chi connectivity index (χ2n) is 8.52. The molecule has 0 heterocycles. The fraction of sp³-hybridized carbons (Fsp3) is 0.947. The van der Waals surface area contributed by atoms with E-state index in [9.17, 15) is 9.90 Å². The van der Waals surface area contributed by atoms with E-state index in [1.165, 1.54) is 19.3 Å². The Morgan fingerprint density at radius 2 is 1.29 bits per heavy atom. The molecular formula is C19H38O2. The van der Waals surface area contributed by atoms with Crippen molar-refractivity contribution in [3.05, 3.63) is 0 Å². The van der Waals surface area contributed by atoms with Gasteiger partial charge in [0, 0.05) is 5.41 Å². The minimum absolute atomic E-state index is 0.126. The molecule has 2 nitrogen and oxygen atoms in total. The van der Waals surface area contributed by atoms with E-state index in [2.05, 4.69) is 20.8 Å². The highest BCUT2D eigenvalue weighted by molar-refractivity contribution is 5.57. The molecule has 0 aromatic carbocycles. The van der Waals surface area contributed by atoms with Crippen molar-refractivity contribution in [2.75, 3.05) is 0 Å². The van der Waals surface area contributed by atoms with E-state index in [1.54, 1.807) is 0 Å². The van der Waals surface area contributed by atoms with Crippen LogP contribution < -0.4 is 0 Å². The molecule has 0 amide bonds. The summed E-state index contributed by atoms with van der Waals surface area (Å²) in [5.74, 6) is 0. The summed E-state index contributed by atoms with van der Waals surface area (Å²) in [6, 6.07) is 0. The van der Waals surface area contributed by atoms with E-state index < -0.39 is 0 Å². The molecule has 126 valence electrons. The Hall–Kier alpha value is -0.370. The van der Waals surface area contributed by atoms with Crippen LogP contribution in [0.5, 0.6) is 0 Å². The van der Waals surface area contributed by atoms with Crippen LogP contribution in [0.4, 0.5) is 0 Å². The molecule has 0 fully saturated rings. The second-order valence-corrected chi connectivity index (χ2v) is 8.52. The standard InChI is InChI=1S/C19H38O2/c1-18(2,3)14-10-6-8-12-17(21)13-9-7-11-15-19(4,5)16-20/h16-17,21H,6-15H2,1-5H3. The van der Waals surface area contributed by atoms with Crippen LogP contribution in [-0.2, 0) is 4.79 Å². The molecule has 0 aromatic rings. The molecule has 0 aliphatic rings. The van der Waals surface area contributed by atoms with Crippen molar-refractivity contribution in [3.63, 3.8) is 0 Å². The molecule has 0 aliphatic heterocycles. The zero-order valence-electron chi connectivity index (χ0n) is 15.1. The van der Waals surface area contributed by atoms with Gasteiger partial charge in [0.2, 0.25) is 0 Å². The Balaban J connectivity index is 3.43. The monoisotopic (exact) mass is 298 g/mol. The van der Waals surface area contributed by atoms with Crippen LogP contribution in [0.25, 0.3) is 0 Å². The molecule has 0 saturated heterocycles. The lowest BCUT2D eigenvalue weighted by atomic mass is 9.88. The van der Waals surface area contributed by atoms with Crippen LogP contribution in [0, 0.1) is 10.8 Å². The van der Waals surface area contributed by atoms with Gasteiger partial charge in [-0.1, -0.05) is 73.1 Å². The average Bonchev–Trinajstić information content (AvgIpc) is 2.36. The van der Waals surface area contributed by atoms with Gasteiger partial charge in [-0.15, -0.1) is 0 Å². The molecule has 0 saturated carbocycles. The van der Waals surface area contributed by atoms with E-state index in [1.807, 2.05) is 13.8 Å². The molecule has 21 heavy (non-hydrogen) atoms. The van der Waals surface area contributed by atoms with E-state index in [0.717, 1.165) is 51.2 Å². The predicted octanol–water partition coefficient (Wildman–Crippen LogP) is 5.52. The first-order valence-corrected chi connectivity index (χ1v) is 8.81. The van der Waals surface area contributed by atoms with E-state index in [0.29, 0.717) is 5.41 Å². The largest absolute Gasteiger partial charge is 0.393 e. The first kappa shape index (κ1) is 20.6. The first-order chi connectivity index (χ1) is 9.66. The Morgan fingerprint density at radius 1 is 0.810 bits per heavy atom. The summed E-state index contributed by atoms with van der Waals surface area (Å²) in [4.78, 5) is 10.8. The van der Waals surface area contributed by atoms with Gasteiger partial charge < -0.3 is 9.90 Å². The summed E-state index contributed by atoms with van der Waals surface area (Å²) >= 11 is 0. The number of rotatable bonds is 12. The molecule has 0 aromatic heterocycles. The van der Waals surface area contributed by atoms with Crippen molar-refractivity contribution >= 4 is 6.29 Å². The minimum Gasteiger partial charge on any atom is -0.393 e. The van der Waals surface area contributed by atoms with Gasteiger partial charge >= 0.3 is 0 Å². The molecular weight excluding hydrogens is 260 g/mol. The quantitative estimate of drug-likeness (QED) is 0.380. The molecule has 0 radical (unpaired) electrons. The maximum atomic E-state index is 10.8. The number of aliphatic hydroxyl groups is 1. The predicted molar refractivity (Wildman–Crippen MR) is 91.5 cm³/mol. The molecule has 0 bridgehead atoms. The number of hydrogen-bond acceptors (Lipinski definition) is 2. The van der Waals surface area contributed by atoms with Gasteiger partial charge in [-0.3, -0.25) is 0 Å². The fourth-order valence-electron chi connectivity index (χ4n) is 2.55. The van der Waals surface area contributed by atoms with Gasteiger partial charge in [-0.2, -0.15) is 0 Å². The zero-order chi connectivity index (χ0) is 16.4. The van der Waals surface area contributed by atoms with Crippen molar-refractivity contribution in [2.45, 2.75) is 105 Å². The van der Waals surface area contributed by atoms with Crippen LogP contribution in [0.15, 0.2) is 0 Å². The third kappa shape index (κ3) is 14.3. The van der Waals surface area contributed by atoms with Crippen molar-refractivity contribution in [3.8, 4) is 0 Å². The number of hydrogen-bond donors (Lipinski definition) is 1. The van der Waals surface area contributed by atoms with Gasteiger partial charge in [-0.25, -0.2) is 0 Å². The lowest BCUT2D eigenvalue weighted by Crippen LogP contribution is -2.12. The average molecular weight is 299 g/mol. The third-order valence-electron chi connectivity index (χ3n) is 4.14. The summed E-state index contributed by atoms with van der Waals surface area (Å²) in [6.07, 6.45) is 12.0. The van der Waals surface area contributed by atoms with Crippen LogP contribution in [-0.4, -0.2) is 17.5 Å². The Labute approximate surface area is 132 Å². The smallest absolute Gasteiger partial charge is 0.125 e.